The lowest BCUT2D eigenvalue weighted by Gasteiger charge is -2.09. The molecule has 1 rings (SSSR count). The molecule has 0 saturated carbocycles. The summed E-state index contributed by atoms with van der Waals surface area (Å²) in [4.78, 5) is 11.3. The first-order valence-electron chi connectivity index (χ1n) is 5.97. The highest BCUT2D eigenvalue weighted by Gasteiger charge is 2.05. The number of methoxy groups -OCH3 is 1. The lowest BCUT2D eigenvalue weighted by Crippen LogP contribution is -2.34. The molecule has 18 heavy (non-hydrogen) atoms. The Kier molecular flexibility index (Phi) is 6.14. The monoisotopic (exact) mass is 254 g/mol. The topological polar surface area (TPSA) is 50.4 Å². The molecule has 0 aliphatic carbocycles. The fraction of sp³-hybridized carbons (Fsp3) is 0.462. The zero-order valence-corrected chi connectivity index (χ0v) is 10.8. The fourth-order valence-corrected chi connectivity index (χ4v) is 1.58. The van der Waals surface area contributed by atoms with Crippen LogP contribution in [0.5, 0.6) is 5.75 Å². The van der Waals surface area contributed by atoms with Crippen molar-refractivity contribution in [1.29, 1.82) is 0 Å². The first-order valence-corrected chi connectivity index (χ1v) is 5.97. The number of carbonyl (C=O) groups is 1. The molecule has 1 amide bonds. The lowest BCUT2D eigenvalue weighted by atomic mass is 10.1. The quantitative estimate of drug-likeness (QED) is 0.766. The van der Waals surface area contributed by atoms with Crippen LogP contribution in [-0.2, 0) is 11.2 Å². The molecule has 1 aromatic carbocycles. The third-order valence-corrected chi connectivity index (χ3v) is 2.49. The van der Waals surface area contributed by atoms with Crippen LogP contribution >= 0.6 is 0 Å². The molecule has 0 aromatic heterocycles. The zero-order valence-electron chi connectivity index (χ0n) is 10.8. The van der Waals surface area contributed by atoms with Crippen molar-refractivity contribution >= 4 is 5.91 Å². The van der Waals surface area contributed by atoms with Gasteiger partial charge in [-0.1, -0.05) is 6.92 Å². The minimum absolute atomic E-state index is 0.0628. The van der Waals surface area contributed by atoms with E-state index in [9.17, 15) is 9.18 Å². The Balaban J connectivity index is 2.43. The maximum atomic E-state index is 13.1. The number of hydrogen-bond donors (Lipinski definition) is 2. The highest BCUT2D eigenvalue weighted by molar-refractivity contribution is 5.77. The molecule has 100 valence electrons. The third kappa shape index (κ3) is 4.71. The molecule has 0 atom stereocenters. The number of halogens is 1. The highest BCUT2D eigenvalue weighted by atomic mass is 19.1. The number of amides is 1. The molecule has 0 spiro atoms. The van der Waals surface area contributed by atoms with Crippen LogP contribution in [-0.4, -0.2) is 32.7 Å². The van der Waals surface area contributed by atoms with Gasteiger partial charge in [-0.2, -0.15) is 0 Å². The molecule has 0 unspecified atom stereocenters. The van der Waals surface area contributed by atoms with Crippen molar-refractivity contribution in [3.63, 3.8) is 0 Å². The Morgan fingerprint density at radius 2 is 2.22 bits per heavy atom. The van der Waals surface area contributed by atoms with Crippen molar-refractivity contribution in [2.45, 2.75) is 13.3 Å². The second-order valence-electron chi connectivity index (χ2n) is 3.84. The molecule has 0 heterocycles. The van der Waals surface area contributed by atoms with Crippen LogP contribution in [0.2, 0.25) is 0 Å². The second kappa shape index (κ2) is 7.66. The molecule has 0 aliphatic rings. The van der Waals surface area contributed by atoms with Gasteiger partial charge in [-0.15, -0.1) is 0 Å². The minimum atomic E-state index is -0.301. The SMILES string of the molecule is CCNCC(=O)NCCc1cc(F)ccc1OC. The predicted molar refractivity (Wildman–Crippen MR) is 68.2 cm³/mol. The van der Waals surface area contributed by atoms with E-state index in [0.717, 1.165) is 12.1 Å². The molecule has 5 heteroatoms. The van der Waals surface area contributed by atoms with Gasteiger partial charge in [0.05, 0.1) is 13.7 Å². The summed E-state index contributed by atoms with van der Waals surface area (Å²) < 4.78 is 18.2. The van der Waals surface area contributed by atoms with Gasteiger partial charge in [-0.3, -0.25) is 4.79 Å². The molecule has 0 fully saturated rings. The molecular formula is C13H19FN2O2. The Morgan fingerprint density at radius 3 is 2.89 bits per heavy atom. The molecular weight excluding hydrogens is 235 g/mol. The van der Waals surface area contributed by atoms with Crippen molar-refractivity contribution in [2.75, 3.05) is 26.7 Å². The van der Waals surface area contributed by atoms with Crippen LogP contribution in [0, 0.1) is 5.82 Å². The molecule has 4 nitrogen and oxygen atoms in total. The molecule has 0 bridgehead atoms. The summed E-state index contributed by atoms with van der Waals surface area (Å²) >= 11 is 0. The first-order chi connectivity index (χ1) is 8.67. The van der Waals surface area contributed by atoms with Crippen molar-refractivity contribution in [3.05, 3.63) is 29.6 Å². The Morgan fingerprint density at radius 1 is 1.44 bits per heavy atom. The second-order valence-corrected chi connectivity index (χ2v) is 3.84. The highest BCUT2D eigenvalue weighted by Crippen LogP contribution is 2.19. The molecule has 2 N–H and O–H groups in total. The maximum Gasteiger partial charge on any atom is 0.233 e. The molecule has 0 saturated heterocycles. The van der Waals surface area contributed by atoms with Crippen LogP contribution in [0.1, 0.15) is 12.5 Å². The summed E-state index contributed by atoms with van der Waals surface area (Å²) in [5.41, 5.74) is 0.751. The average Bonchev–Trinajstić information content (AvgIpc) is 2.36. The average molecular weight is 254 g/mol. The maximum absolute atomic E-state index is 13.1. The number of benzene rings is 1. The number of likely N-dealkylation sites (N-methyl/N-ethyl adjacent to an activating group) is 1. The third-order valence-electron chi connectivity index (χ3n) is 2.49. The summed E-state index contributed by atoms with van der Waals surface area (Å²) in [6.45, 7) is 3.46. The fourth-order valence-electron chi connectivity index (χ4n) is 1.58. The number of ether oxygens (including phenoxy) is 1. The standard InChI is InChI=1S/C13H19FN2O2/c1-3-15-9-13(17)16-7-6-10-8-11(14)4-5-12(10)18-2/h4-5,8,15H,3,6-7,9H2,1-2H3,(H,16,17). The van der Waals surface area contributed by atoms with E-state index < -0.39 is 0 Å². The van der Waals surface area contributed by atoms with E-state index in [1.165, 1.54) is 12.1 Å². The molecule has 0 radical (unpaired) electrons. The Labute approximate surface area is 107 Å². The van der Waals surface area contributed by atoms with Crippen LogP contribution < -0.4 is 15.4 Å². The largest absolute Gasteiger partial charge is 0.496 e. The van der Waals surface area contributed by atoms with Gasteiger partial charge in [0.15, 0.2) is 0 Å². The number of hydrogen-bond acceptors (Lipinski definition) is 3. The van der Waals surface area contributed by atoms with Gasteiger partial charge in [0.25, 0.3) is 0 Å². The van der Waals surface area contributed by atoms with Crippen molar-refractivity contribution < 1.29 is 13.9 Å². The summed E-state index contributed by atoms with van der Waals surface area (Å²) in [6.07, 6.45) is 0.540. The van der Waals surface area contributed by atoms with Gasteiger partial charge in [-0.25, -0.2) is 4.39 Å². The summed E-state index contributed by atoms with van der Waals surface area (Å²) in [6, 6.07) is 4.37. The van der Waals surface area contributed by atoms with Gasteiger partial charge in [0.1, 0.15) is 11.6 Å². The first kappa shape index (κ1) is 14.4. The van der Waals surface area contributed by atoms with Crippen LogP contribution in [0.15, 0.2) is 18.2 Å². The molecule has 0 aliphatic heterocycles. The summed E-state index contributed by atoms with van der Waals surface area (Å²) in [5.74, 6) is 0.273. The Bertz CT molecular complexity index is 397. The van der Waals surface area contributed by atoms with Gasteiger partial charge >= 0.3 is 0 Å². The van der Waals surface area contributed by atoms with Gasteiger partial charge in [0.2, 0.25) is 5.91 Å². The van der Waals surface area contributed by atoms with E-state index in [4.69, 9.17) is 4.74 Å². The van der Waals surface area contributed by atoms with Crippen LogP contribution in [0.25, 0.3) is 0 Å². The minimum Gasteiger partial charge on any atom is -0.496 e. The summed E-state index contributed by atoms with van der Waals surface area (Å²) in [5, 5.41) is 5.69. The van der Waals surface area contributed by atoms with E-state index in [2.05, 4.69) is 10.6 Å². The van der Waals surface area contributed by atoms with Gasteiger partial charge < -0.3 is 15.4 Å². The van der Waals surface area contributed by atoms with E-state index in [1.807, 2.05) is 6.92 Å². The normalized spacial score (nSPS) is 10.2. The van der Waals surface area contributed by atoms with Gasteiger partial charge in [-0.05, 0) is 36.7 Å². The zero-order chi connectivity index (χ0) is 13.4. The summed E-state index contributed by atoms with van der Waals surface area (Å²) in [7, 11) is 1.54. The smallest absolute Gasteiger partial charge is 0.233 e. The van der Waals surface area contributed by atoms with E-state index in [1.54, 1.807) is 13.2 Å². The van der Waals surface area contributed by atoms with Crippen LogP contribution in [0.4, 0.5) is 4.39 Å². The van der Waals surface area contributed by atoms with Crippen molar-refractivity contribution in [2.24, 2.45) is 0 Å². The van der Waals surface area contributed by atoms with Gasteiger partial charge in [0, 0.05) is 6.54 Å². The van der Waals surface area contributed by atoms with Crippen LogP contribution in [0.3, 0.4) is 0 Å². The predicted octanol–water partition coefficient (Wildman–Crippen LogP) is 1.10. The number of carbonyl (C=O) groups excluding carboxylic acids is 1. The van der Waals surface area contributed by atoms with E-state index >= 15 is 0 Å². The number of nitrogens with one attached hydrogen (secondary N) is 2. The Hall–Kier alpha value is -1.62. The number of rotatable bonds is 7. The van der Waals surface area contributed by atoms with Crippen molar-refractivity contribution in [3.8, 4) is 5.75 Å². The van der Waals surface area contributed by atoms with E-state index in [0.29, 0.717) is 25.3 Å². The van der Waals surface area contributed by atoms with Crippen molar-refractivity contribution in [1.82, 2.24) is 10.6 Å². The van der Waals surface area contributed by atoms with E-state index in [-0.39, 0.29) is 11.7 Å². The molecule has 1 aromatic rings. The lowest BCUT2D eigenvalue weighted by molar-refractivity contribution is -0.120.